The summed E-state index contributed by atoms with van der Waals surface area (Å²) in [5.74, 6) is 0. The highest BCUT2D eigenvalue weighted by molar-refractivity contribution is 5.86. The lowest BCUT2D eigenvalue weighted by atomic mass is 10.0. The van der Waals surface area contributed by atoms with Gasteiger partial charge < -0.3 is 35.5 Å². The average molecular weight is 399 g/mol. The Balaban J connectivity index is 1.88. The Morgan fingerprint density at radius 1 is 1.10 bits per heavy atom. The lowest BCUT2D eigenvalue weighted by molar-refractivity contribution is -0.117. The molecule has 1 aromatic carbocycles. The van der Waals surface area contributed by atoms with Crippen LogP contribution in [0.5, 0.6) is 0 Å². The predicted octanol–water partition coefficient (Wildman–Crippen LogP) is -0.356. The van der Waals surface area contributed by atoms with Gasteiger partial charge in [0.15, 0.2) is 0 Å². The molecule has 0 aliphatic heterocycles. The van der Waals surface area contributed by atoms with Crippen LogP contribution in [0.4, 0.5) is 5.69 Å². The van der Waals surface area contributed by atoms with E-state index in [1.165, 1.54) is 0 Å². The quantitative estimate of drug-likeness (QED) is 0.281. The third kappa shape index (κ3) is 4.49. The van der Waals surface area contributed by atoms with Gasteiger partial charge >= 0.3 is 0 Å². The van der Waals surface area contributed by atoms with Gasteiger partial charge in [0.2, 0.25) is 0 Å². The van der Waals surface area contributed by atoms with Crippen LogP contribution in [0.2, 0.25) is 0 Å². The predicted molar refractivity (Wildman–Crippen MR) is 106 cm³/mol. The Kier molecular flexibility index (Phi) is 6.35. The van der Waals surface area contributed by atoms with E-state index in [4.69, 9.17) is 5.11 Å². The number of rotatable bonds is 8. The molecule has 0 unspecified atom stereocenters. The molecule has 0 fully saturated rings. The van der Waals surface area contributed by atoms with Crippen molar-refractivity contribution in [3.63, 3.8) is 0 Å². The number of anilines is 1. The van der Waals surface area contributed by atoms with Gasteiger partial charge in [0.1, 0.15) is 30.6 Å². The summed E-state index contributed by atoms with van der Waals surface area (Å²) in [5, 5.41) is 41.7. The van der Waals surface area contributed by atoms with Crippen LogP contribution >= 0.6 is 0 Å². The summed E-state index contributed by atoms with van der Waals surface area (Å²) in [6, 6.07) is 10.7. The van der Waals surface area contributed by atoms with Gasteiger partial charge in [-0.3, -0.25) is 9.78 Å². The van der Waals surface area contributed by atoms with Crippen LogP contribution in [0.3, 0.4) is 0 Å². The summed E-state index contributed by atoms with van der Waals surface area (Å²) in [6.45, 7) is -0.764. The number of carbonyl (C=O) groups excluding carboxylic acids is 1. The molecular formula is C20H21N3O6. The van der Waals surface area contributed by atoms with Crippen molar-refractivity contribution in [2.24, 2.45) is 0 Å². The van der Waals surface area contributed by atoms with Crippen LogP contribution in [0.25, 0.3) is 22.2 Å². The zero-order chi connectivity index (χ0) is 21.0. The van der Waals surface area contributed by atoms with Crippen molar-refractivity contribution in [2.45, 2.75) is 24.4 Å². The zero-order valence-corrected chi connectivity index (χ0v) is 15.3. The van der Waals surface area contributed by atoms with Crippen molar-refractivity contribution >= 4 is 22.9 Å². The molecule has 29 heavy (non-hydrogen) atoms. The normalized spacial score (nSPS) is 15.4. The van der Waals surface area contributed by atoms with Crippen LogP contribution < -0.4 is 10.9 Å². The second-order valence-corrected chi connectivity index (χ2v) is 6.57. The third-order valence-electron chi connectivity index (χ3n) is 4.57. The molecule has 0 radical (unpaired) electrons. The van der Waals surface area contributed by atoms with Crippen LogP contribution in [0.1, 0.15) is 0 Å². The minimum Gasteiger partial charge on any atom is -0.394 e. The van der Waals surface area contributed by atoms with E-state index in [0.29, 0.717) is 28.7 Å². The summed E-state index contributed by atoms with van der Waals surface area (Å²) in [5.41, 5.74) is 1.52. The van der Waals surface area contributed by atoms with Crippen molar-refractivity contribution in [2.75, 3.05) is 11.9 Å². The highest BCUT2D eigenvalue weighted by atomic mass is 16.4. The molecule has 152 valence electrons. The maximum absolute atomic E-state index is 12.4. The Morgan fingerprint density at radius 3 is 2.55 bits per heavy atom. The Bertz CT molecular complexity index is 1040. The summed E-state index contributed by atoms with van der Waals surface area (Å²) in [7, 11) is 0. The number of pyridine rings is 2. The largest absolute Gasteiger partial charge is 0.394 e. The van der Waals surface area contributed by atoms with Crippen molar-refractivity contribution in [3.8, 4) is 11.3 Å². The van der Waals surface area contributed by atoms with Crippen LogP contribution in [-0.2, 0) is 4.79 Å². The Morgan fingerprint density at radius 2 is 1.90 bits per heavy atom. The minimum atomic E-state index is -1.72. The second kappa shape index (κ2) is 8.93. The Labute approximate surface area is 165 Å². The van der Waals surface area contributed by atoms with E-state index in [1.54, 1.807) is 48.7 Å². The lowest BCUT2D eigenvalue weighted by Gasteiger charge is -2.26. The highest BCUT2D eigenvalue weighted by Crippen LogP contribution is 2.21. The molecule has 0 amide bonds. The number of aromatic nitrogens is 2. The summed E-state index contributed by atoms with van der Waals surface area (Å²) >= 11 is 0. The molecule has 3 aromatic rings. The fraction of sp³-hybridized carbons (Fsp3) is 0.250. The van der Waals surface area contributed by atoms with Crippen LogP contribution in [0, 0.1) is 0 Å². The van der Waals surface area contributed by atoms with Gasteiger partial charge in [-0.25, -0.2) is 0 Å². The zero-order valence-electron chi connectivity index (χ0n) is 15.3. The Hall–Kier alpha value is -3.11. The molecule has 0 bridgehead atoms. The number of hydrogen-bond acceptors (Lipinski definition) is 8. The van der Waals surface area contributed by atoms with Crippen molar-refractivity contribution < 1.29 is 25.2 Å². The van der Waals surface area contributed by atoms with Gasteiger partial charge in [0, 0.05) is 11.9 Å². The van der Waals surface area contributed by atoms with E-state index >= 15 is 0 Å². The lowest BCUT2D eigenvalue weighted by Crippen LogP contribution is -2.49. The number of hydrogen-bond donors (Lipinski definition) is 6. The number of aromatic amines is 1. The molecule has 3 rings (SSSR count). The fourth-order valence-electron chi connectivity index (χ4n) is 2.94. The first-order chi connectivity index (χ1) is 13.9. The monoisotopic (exact) mass is 399 g/mol. The van der Waals surface area contributed by atoms with Gasteiger partial charge in [0.05, 0.1) is 23.4 Å². The highest BCUT2D eigenvalue weighted by Gasteiger charge is 2.31. The molecule has 2 aromatic heterocycles. The van der Waals surface area contributed by atoms with E-state index in [-0.39, 0.29) is 5.56 Å². The third-order valence-corrected chi connectivity index (χ3v) is 4.57. The molecule has 0 saturated carbocycles. The number of fused-ring (bicyclic) bond motifs is 1. The molecule has 0 spiro atoms. The van der Waals surface area contributed by atoms with Gasteiger partial charge in [-0.1, -0.05) is 12.1 Å². The molecule has 4 atom stereocenters. The van der Waals surface area contributed by atoms with Gasteiger partial charge in [-0.2, -0.15) is 0 Å². The summed E-state index contributed by atoms with van der Waals surface area (Å²) in [4.78, 5) is 30.7. The molecule has 2 heterocycles. The maximum atomic E-state index is 12.4. The van der Waals surface area contributed by atoms with Crippen LogP contribution in [-0.4, -0.2) is 67.6 Å². The first-order valence-corrected chi connectivity index (χ1v) is 8.90. The standard InChI is InChI=1S/C20H21N3O6/c24-9-16(18(27)19(28)17(26)10-25)22-12-5-4-11-7-13(14-3-1-2-6-21-14)20(29)23-15(11)8-12/h1-9,16-19,22,25-28H,10H2,(H,23,29)/t16-,17+,18+,19+/m1/s1. The topological polar surface area (TPSA) is 156 Å². The first kappa shape index (κ1) is 20.6. The van der Waals surface area contributed by atoms with Crippen molar-refractivity contribution in [3.05, 3.63) is 59.0 Å². The summed E-state index contributed by atoms with van der Waals surface area (Å²) < 4.78 is 0. The van der Waals surface area contributed by atoms with Gasteiger partial charge in [-0.15, -0.1) is 0 Å². The number of aliphatic hydroxyl groups is 4. The molecule has 0 aliphatic rings. The van der Waals surface area contributed by atoms with Crippen molar-refractivity contribution in [1.82, 2.24) is 9.97 Å². The van der Waals surface area contributed by atoms with Crippen LogP contribution in [0.15, 0.2) is 53.5 Å². The van der Waals surface area contributed by atoms with E-state index < -0.39 is 31.0 Å². The number of aliphatic hydroxyl groups excluding tert-OH is 4. The smallest absolute Gasteiger partial charge is 0.257 e. The SMILES string of the molecule is O=C[C@@H](Nc1ccc2cc(-c3ccccn3)c(=O)[nH]c2c1)[C@H](O)[C@@H](O)[C@@H](O)CO. The molecule has 9 heteroatoms. The molecule has 0 aliphatic carbocycles. The molecule has 0 saturated heterocycles. The van der Waals surface area contributed by atoms with E-state index in [9.17, 15) is 24.9 Å². The average Bonchev–Trinajstić information content (AvgIpc) is 2.75. The summed E-state index contributed by atoms with van der Waals surface area (Å²) in [6.07, 6.45) is -2.99. The number of benzene rings is 1. The number of nitrogens with one attached hydrogen (secondary N) is 2. The van der Waals surface area contributed by atoms with Gasteiger partial charge in [0.25, 0.3) is 5.56 Å². The molecule has 9 nitrogen and oxygen atoms in total. The number of aldehydes is 1. The molecule has 6 N–H and O–H groups in total. The van der Waals surface area contributed by atoms with E-state index in [0.717, 1.165) is 5.39 Å². The van der Waals surface area contributed by atoms with E-state index in [2.05, 4.69) is 15.3 Å². The molecular weight excluding hydrogens is 378 g/mol. The van der Waals surface area contributed by atoms with Gasteiger partial charge in [-0.05, 0) is 35.7 Å². The number of H-pyrrole nitrogens is 1. The number of nitrogens with zero attached hydrogens (tertiary/aromatic N) is 1. The second-order valence-electron chi connectivity index (χ2n) is 6.57. The van der Waals surface area contributed by atoms with E-state index in [1.807, 2.05) is 0 Å². The van der Waals surface area contributed by atoms with Crippen molar-refractivity contribution in [1.29, 1.82) is 0 Å². The minimum absolute atomic E-state index is 0.332. The number of carbonyl (C=O) groups is 1. The maximum Gasteiger partial charge on any atom is 0.257 e. The first-order valence-electron chi connectivity index (χ1n) is 8.90. The fourth-order valence-corrected chi connectivity index (χ4v) is 2.94.